The maximum absolute atomic E-state index is 13.3. The smallest absolute Gasteiger partial charge is 0.332 e. The predicted octanol–water partition coefficient (Wildman–Crippen LogP) is 0.873. The number of carbonyl (C=O) groups excluding carboxylic acids is 3. The minimum Gasteiger partial charge on any atom is -0.375 e. The number of imide groups is 1. The lowest BCUT2D eigenvalue weighted by atomic mass is 10.1. The van der Waals surface area contributed by atoms with Crippen LogP contribution >= 0.6 is 0 Å². The average molecular weight is 391 g/mol. The molecule has 0 N–H and O–H groups in total. The molecular formula is C20H17N5O4. The third-order valence-corrected chi connectivity index (χ3v) is 5.96. The van der Waals surface area contributed by atoms with Gasteiger partial charge in [0.15, 0.2) is 0 Å². The van der Waals surface area contributed by atoms with Gasteiger partial charge in [0.2, 0.25) is 5.91 Å². The van der Waals surface area contributed by atoms with Gasteiger partial charge in [-0.05, 0) is 30.7 Å². The molecular weight excluding hydrogens is 374 g/mol. The van der Waals surface area contributed by atoms with Crippen LogP contribution in [0.15, 0.2) is 30.5 Å². The molecule has 3 aliphatic rings. The van der Waals surface area contributed by atoms with Crippen LogP contribution in [0.3, 0.4) is 0 Å². The van der Waals surface area contributed by atoms with Crippen molar-refractivity contribution >= 4 is 34.4 Å². The first-order chi connectivity index (χ1) is 14.1. The highest BCUT2D eigenvalue weighted by Crippen LogP contribution is 2.43. The van der Waals surface area contributed by atoms with Gasteiger partial charge in [0.25, 0.3) is 5.91 Å². The fraction of sp³-hybridized carbons (Fsp3) is 0.350. The zero-order chi connectivity index (χ0) is 20.3. The quantitative estimate of drug-likeness (QED) is 0.719. The largest absolute Gasteiger partial charge is 0.375 e. The van der Waals surface area contributed by atoms with Crippen molar-refractivity contribution in [3.8, 4) is 6.07 Å². The molecule has 0 saturated carbocycles. The number of nitriles is 1. The molecule has 0 spiro atoms. The number of ether oxygens (including phenoxy) is 1. The number of amides is 4. The predicted molar refractivity (Wildman–Crippen MR) is 101 cm³/mol. The van der Waals surface area contributed by atoms with Crippen LogP contribution < -0.4 is 4.90 Å². The maximum atomic E-state index is 13.3. The number of benzene rings is 1. The van der Waals surface area contributed by atoms with E-state index in [0.717, 1.165) is 0 Å². The van der Waals surface area contributed by atoms with Gasteiger partial charge in [-0.15, -0.1) is 0 Å². The zero-order valence-corrected chi connectivity index (χ0v) is 15.6. The Morgan fingerprint density at radius 3 is 2.93 bits per heavy atom. The number of fused-ring (bicyclic) bond motifs is 6. The summed E-state index contributed by atoms with van der Waals surface area (Å²) in [5.74, 6) is -0.529. The highest BCUT2D eigenvalue weighted by molar-refractivity contribution is 6.25. The minimum atomic E-state index is -0.690. The van der Waals surface area contributed by atoms with E-state index in [1.165, 1.54) is 12.0 Å². The minimum absolute atomic E-state index is 0.0479. The van der Waals surface area contributed by atoms with Crippen LogP contribution in [0.1, 0.15) is 12.0 Å². The number of carbonyl (C=O) groups is 3. The van der Waals surface area contributed by atoms with Crippen molar-refractivity contribution in [1.29, 1.82) is 5.26 Å². The standard InChI is InChI=1S/C20H17N5O4/c1-29-10-16(26)23-9-12-7-15(23)18-19(27)25(20(28)24(12)18)14-5-4-11(8-21)17-13(14)3-2-6-22-17/h2-6,12,15,18H,7,9-10H2,1H3/t12-,15?,18-/m1/s1. The SMILES string of the molecule is COCC(=O)N1C[C@H]2CC1[C@@H]1C(=O)N(c3ccc(C#N)c4ncccc34)C(=O)N21. The van der Waals surface area contributed by atoms with Crippen LogP contribution in [0.2, 0.25) is 0 Å². The number of hydrogen-bond donors (Lipinski definition) is 0. The molecule has 29 heavy (non-hydrogen) atoms. The average Bonchev–Trinajstić information content (AvgIpc) is 3.39. The highest BCUT2D eigenvalue weighted by atomic mass is 16.5. The highest BCUT2D eigenvalue weighted by Gasteiger charge is 2.62. The van der Waals surface area contributed by atoms with E-state index in [2.05, 4.69) is 11.1 Å². The molecule has 0 aliphatic carbocycles. The Hall–Kier alpha value is -3.51. The van der Waals surface area contributed by atoms with Gasteiger partial charge in [-0.2, -0.15) is 5.26 Å². The number of hydrogen-bond acceptors (Lipinski definition) is 6. The van der Waals surface area contributed by atoms with Crippen molar-refractivity contribution in [2.24, 2.45) is 0 Å². The monoisotopic (exact) mass is 391 g/mol. The molecule has 4 amide bonds. The number of likely N-dealkylation sites (tertiary alicyclic amines) is 1. The molecule has 1 unspecified atom stereocenters. The second-order valence-corrected chi connectivity index (χ2v) is 7.39. The molecule has 2 bridgehead atoms. The first kappa shape index (κ1) is 17.6. The van der Waals surface area contributed by atoms with Crippen LogP contribution in [0, 0.1) is 11.3 Å². The molecule has 9 heteroatoms. The Bertz CT molecular complexity index is 1110. The summed E-state index contributed by atoms with van der Waals surface area (Å²) in [4.78, 5) is 47.5. The molecule has 146 valence electrons. The molecule has 0 radical (unpaired) electrons. The van der Waals surface area contributed by atoms with Crippen LogP contribution in [-0.2, 0) is 14.3 Å². The van der Waals surface area contributed by atoms with E-state index < -0.39 is 6.04 Å². The molecule has 3 saturated heterocycles. The number of urea groups is 1. The first-order valence-corrected chi connectivity index (χ1v) is 9.29. The number of pyridine rings is 1. The van der Waals surface area contributed by atoms with Crippen molar-refractivity contribution in [3.05, 3.63) is 36.0 Å². The van der Waals surface area contributed by atoms with Gasteiger partial charge >= 0.3 is 6.03 Å². The first-order valence-electron chi connectivity index (χ1n) is 9.29. The number of rotatable bonds is 3. The second-order valence-electron chi connectivity index (χ2n) is 7.39. The van der Waals surface area contributed by atoms with E-state index in [9.17, 15) is 19.6 Å². The molecule has 3 fully saturated rings. The summed E-state index contributed by atoms with van der Waals surface area (Å²) < 4.78 is 4.94. The summed E-state index contributed by atoms with van der Waals surface area (Å²) in [5.41, 5.74) is 1.23. The van der Waals surface area contributed by atoms with E-state index in [1.54, 1.807) is 40.3 Å². The second kappa shape index (κ2) is 6.25. The molecule has 3 aliphatic heterocycles. The molecule has 3 atom stereocenters. The third kappa shape index (κ3) is 2.29. The number of nitrogens with zero attached hydrogens (tertiary/aromatic N) is 5. The Kier molecular flexibility index (Phi) is 3.79. The van der Waals surface area contributed by atoms with E-state index in [-0.39, 0.29) is 36.5 Å². The number of piperazine rings is 1. The van der Waals surface area contributed by atoms with Gasteiger partial charge in [-0.25, -0.2) is 9.69 Å². The topological polar surface area (TPSA) is 107 Å². The van der Waals surface area contributed by atoms with Crippen LogP contribution in [-0.4, -0.2) is 71.0 Å². The lowest BCUT2D eigenvalue weighted by Crippen LogP contribution is -2.55. The van der Waals surface area contributed by atoms with Gasteiger partial charge in [0.05, 0.1) is 28.9 Å². The Morgan fingerprint density at radius 2 is 2.17 bits per heavy atom. The van der Waals surface area contributed by atoms with Gasteiger partial charge in [-0.1, -0.05) is 0 Å². The van der Waals surface area contributed by atoms with Crippen LogP contribution in [0.4, 0.5) is 10.5 Å². The van der Waals surface area contributed by atoms with Crippen LogP contribution in [0.25, 0.3) is 10.9 Å². The van der Waals surface area contributed by atoms with Gasteiger partial charge in [0, 0.05) is 25.2 Å². The molecule has 1 aromatic carbocycles. The molecule has 4 heterocycles. The fourth-order valence-corrected chi connectivity index (χ4v) is 4.81. The zero-order valence-electron chi connectivity index (χ0n) is 15.6. The lowest BCUT2D eigenvalue weighted by Gasteiger charge is -2.34. The molecule has 5 rings (SSSR count). The summed E-state index contributed by atoms with van der Waals surface area (Å²) >= 11 is 0. The van der Waals surface area contributed by atoms with Gasteiger partial charge in [-0.3, -0.25) is 14.6 Å². The van der Waals surface area contributed by atoms with E-state index in [4.69, 9.17) is 4.74 Å². The van der Waals surface area contributed by atoms with E-state index in [1.807, 2.05) is 0 Å². The van der Waals surface area contributed by atoms with Crippen molar-refractivity contribution in [1.82, 2.24) is 14.8 Å². The molecule has 9 nitrogen and oxygen atoms in total. The summed E-state index contributed by atoms with van der Waals surface area (Å²) in [6.07, 6.45) is 2.17. The van der Waals surface area contributed by atoms with E-state index in [0.29, 0.717) is 35.1 Å². The summed E-state index contributed by atoms with van der Waals surface area (Å²) in [6, 6.07) is 7.10. The fourth-order valence-electron chi connectivity index (χ4n) is 4.81. The van der Waals surface area contributed by atoms with Crippen LogP contribution in [0.5, 0.6) is 0 Å². The van der Waals surface area contributed by atoms with Gasteiger partial charge < -0.3 is 14.5 Å². The number of methoxy groups -OCH3 is 1. The van der Waals surface area contributed by atoms with E-state index >= 15 is 0 Å². The molecule has 1 aromatic heterocycles. The normalized spacial score (nSPS) is 25.1. The Balaban J connectivity index is 1.55. The maximum Gasteiger partial charge on any atom is 0.332 e. The van der Waals surface area contributed by atoms with Crippen molar-refractivity contribution in [2.45, 2.75) is 24.5 Å². The summed E-state index contributed by atoms with van der Waals surface area (Å²) in [7, 11) is 1.45. The van der Waals surface area contributed by atoms with Gasteiger partial charge in [0.1, 0.15) is 18.7 Å². The Morgan fingerprint density at radius 1 is 1.34 bits per heavy atom. The number of anilines is 1. The molecule has 2 aromatic rings. The van der Waals surface area contributed by atoms with Crippen molar-refractivity contribution in [3.63, 3.8) is 0 Å². The number of aromatic nitrogens is 1. The third-order valence-electron chi connectivity index (χ3n) is 5.96. The summed E-state index contributed by atoms with van der Waals surface area (Å²) in [6.45, 7) is 0.361. The lowest BCUT2D eigenvalue weighted by molar-refractivity contribution is -0.139. The van der Waals surface area contributed by atoms with Crippen molar-refractivity contribution < 1.29 is 19.1 Å². The summed E-state index contributed by atoms with van der Waals surface area (Å²) in [5, 5.41) is 9.90. The van der Waals surface area contributed by atoms with Crippen molar-refractivity contribution in [2.75, 3.05) is 25.2 Å². The Labute approximate surface area is 166 Å².